The van der Waals surface area contributed by atoms with Crippen molar-refractivity contribution in [2.45, 2.75) is 163 Å². The number of carboxylic acid groups (broad SMARTS) is 1. The molecule has 3 aromatic carbocycles. The van der Waals surface area contributed by atoms with Gasteiger partial charge in [-0.2, -0.15) is 0 Å². The molecular formula is C54H74Br2ClN6NaO19S6. The van der Waals surface area contributed by atoms with Crippen molar-refractivity contribution in [2.75, 3.05) is 35.1 Å². The number of carbonyl (C=O) groups is 3. The molecule has 0 fully saturated rings. The van der Waals surface area contributed by atoms with E-state index in [9.17, 15) is 65.2 Å². The van der Waals surface area contributed by atoms with E-state index in [2.05, 4.69) is 58.0 Å². The van der Waals surface area contributed by atoms with E-state index in [0.29, 0.717) is 17.4 Å². The van der Waals surface area contributed by atoms with E-state index in [-0.39, 0.29) is 86.9 Å². The van der Waals surface area contributed by atoms with Crippen LogP contribution >= 0.6 is 42.5 Å². The Labute approximate surface area is 567 Å². The molecule has 492 valence electrons. The Balaban J connectivity index is 0.00000110. The Bertz CT molecular complexity index is 3930. The number of hydrogen-bond acceptors (Lipinski definition) is 22. The number of aliphatic carboxylic acids is 1. The summed E-state index contributed by atoms with van der Waals surface area (Å²) in [6, 6.07) is 19.5. The van der Waals surface area contributed by atoms with E-state index in [4.69, 9.17) is 35.1 Å². The summed E-state index contributed by atoms with van der Waals surface area (Å²) in [5.74, 6) is 1.35. The molecule has 0 saturated carbocycles. The van der Waals surface area contributed by atoms with Gasteiger partial charge in [-0.25, -0.2) is 42.1 Å². The number of rotatable bonds is 12. The SMILES string of the molecule is CC(C)(Br)C(=O)Nc1cc(C(C)(C)C)on1.CC(C)(Br)C(=O)O.CC(C)(C)c1cc(N)no1.CC(C)(C)c1cc(NC(=O)C(C)(C)S(=O)(=O)c2ccc(S(C)(=O)=O)cc2)no1.CS(=O)(=O)c1ccc(S(=O)(=O)Cl)cc1.CS(=O)(=O)c1ccc(S(=O)[O-])cc1.[Na+]. The first kappa shape index (κ1) is 84.6. The molecule has 3 heterocycles. The van der Waals surface area contributed by atoms with Crippen LogP contribution in [0.4, 0.5) is 17.5 Å². The number of aromatic nitrogens is 3. The molecule has 35 heteroatoms. The van der Waals surface area contributed by atoms with Crippen molar-refractivity contribution in [2.24, 2.45) is 0 Å². The molecule has 1 unspecified atom stereocenters. The minimum Gasteiger partial charge on any atom is -0.768 e. The Morgan fingerprint density at radius 2 is 0.798 bits per heavy atom. The Kier molecular flexibility index (Phi) is 30.8. The molecular weight excluding hydrogens is 1450 g/mol. The minimum atomic E-state index is -4.11. The number of hydrogen-bond donors (Lipinski definition) is 4. The molecule has 0 spiro atoms. The summed E-state index contributed by atoms with van der Waals surface area (Å²) in [6.45, 7) is 27.2. The molecule has 0 aliphatic rings. The number of amides is 2. The average Bonchev–Trinajstić information content (AvgIpc) is 4.16. The molecule has 0 aliphatic heterocycles. The van der Waals surface area contributed by atoms with Gasteiger partial charge >= 0.3 is 35.5 Å². The summed E-state index contributed by atoms with van der Waals surface area (Å²) in [5, 5.41) is 24.5. The van der Waals surface area contributed by atoms with Crippen molar-refractivity contribution in [3.05, 3.63) is 108 Å². The minimum absolute atomic E-state index is 0. The van der Waals surface area contributed by atoms with Crippen LogP contribution in [-0.2, 0) is 90.1 Å². The number of nitrogens with zero attached hydrogens (tertiary/aromatic N) is 3. The largest absolute Gasteiger partial charge is 1.00 e. The maximum Gasteiger partial charge on any atom is 1.00 e. The van der Waals surface area contributed by atoms with Gasteiger partial charge in [0, 0.05) is 68.8 Å². The van der Waals surface area contributed by atoms with Gasteiger partial charge in [-0.1, -0.05) is 110 Å². The van der Waals surface area contributed by atoms with Gasteiger partial charge in [0.05, 0.1) is 28.8 Å². The topological polar surface area (TPSA) is 410 Å². The van der Waals surface area contributed by atoms with Crippen LogP contribution in [0.15, 0.2) is 134 Å². The summed E-state index contributed by atoms with van der Waals surface area (Å²) in [6.07, 6.45) is 3.13. The zero-order chi connectivity index (χ0) is 69.0. The first-order chi connectivity index (χ1) is 39.2. The predicted octanol–water partition coefficient (Wildman–Crippen LogP) is 6.80. The number of nitrogen functional groups attached to an aromatic ring is 1. The second-order valence-electron chi connectivity index (χ2n) is 23.6. The molecule has 6 aromatic rings. The Hall–Kier alpha value is -4.39. The predicted molar refractivity (Wildman–Crippen MR) is 341 cm³/mol. The van der Waals surface area contributed by atoms with Gasteiger partial charge in [-0.15, -0.1) is 0 Å². The van der Waals surface area contributed by atoms with Gasteiger partial charge in [0.2, 0.25) is 11.8 Å². The smallest absolute Gasteiger partial charge is 0.768 e. The number of halogens is 3. The van der Waals surface area contributed by atoms with Crippen LogP contribution in [0.3, 0.4) is 0 Å². The molecule has 2 amide bonds. The monoisotopic (exact) mass is 1520 g/mol. The number of benzene rings is 3. The molecule has 0 aliphatic carbocycles. The van der Waals surface area contributed by atoms with Gasteiger partial charge in [0.25, 0.3) is 9.05 Å². The van der Waals surface area contributed by atoms with Crippen LogP contribution in [0.5, 0.6) is 0 Å². The molecule has 0 bridgehead atoms. The molecule has 25 nitrogen and oxygen atoms in total. The number of alkyl halides is 2. The maximum atomic E-state index is 13.0. The summed E-state index contributed by atoms with van der Waals surface area (Å²) in [5.41, 5.74) is 4.94. The van der Waals surface area contributed by atoms with Crippen LogP contribution in [0.1, 0.15) is 121 Å². The molecule has 0 saturated heterocycles. The molecule has 89 heavy (non-hydrogen) atoms. The van der Waals surface area contributed by atoms with Crippen LogP contribution in [0, 0.1) is 0 Å². The van der Waals surface area contributed by atoms with Crippen molar-refractivity contribution in [1.29, 1.82) is 0 Å². The third-order valence-electron chi connectivity index (χ3n) is 11.1. The number of sulfone groups is 4. The summed E-state index contributed by atoms with van der Waals surface area (Å²) in [7, 11) is -12.9. The van der Waals surface area contributed by atoms with Crippen molar-refractivity contribution in [3.63, 3.8) is 0 Å². The molecule has 0 radical (unpaired) electrons. The van der Waals surface area contributed by atoms with Crippen LogP contribution in [-0.4, -0.2) is 121 Å². The number of anilines is 3. The fraction of sp³-hybridized carbons (Fsp3) is 0.444. The van der Waals surface area contributed by atoms with E-state index in [1.54, 1.807) is 45.9 Å². The van der Waals surface area contributed by atoms with Crippen molar-refractivity contribution < 1.29 is 113 Å². The van der Waals surface area contributed by atoms with E-state index >= 15 is 0 Å². The van der Waals surface area contributed by atoms with E-state index < -0.39 is 84.8 Å². The molecule has 5 N–H and O–H groups in total. The Morgan fingerprint density at radius 3 is 1.03 bits per heavy atom. The quantitative estimate of drug-likeness (QED) is 0.0423. The second kappa shape index (κ2) is 32.4. The average molecular weight is 1520 g/mol. The first-order valence-electron chi connectivity index (χ1n) is 25.3. The maximum absolute atomic E-state index is 13.0. The fourth-order valence-corrected chi connectivity index (χ4v) is 9.98. The van der Waals surface area contributed by atoms with Crippen LogP contribution in [0.2, 0.25) is 0 Å². The standard InChI is InChI=1S/C18H24N2O6S2.C11H17BrN2O2.C7H7ClO4S2.C7H12N2O.C7H8O4S2.C4H7BrO2.Na/c1-17(2,3)14-11-15(20-26-14)19-16(21)18(4,5)28(24,25)13-9-7-12(8-10-13)27(6,22)23;1-10(2,3)7-6-8(14-16-7)13-9(15)11(4,5)12;1-13(9,10)6-2-4-7(5-3-6)14(8,11)12;1-7(2,3)5-4-6(8)9-10-5;1-13(10,11)7-4-2-6(3-5-7)12(8)9;1-4(2,5)3(6)7;/h7-11H,1-6H3,(H,19,20,21);6H,1-5H3,(H,13,14,15);2-5H,1H3;4H,1-3H3,(H2,8,9);2-5H,1H3,(H,8,9);1-2H3,(H,6,7);/q;;;;;;+1/p-1. The molecule has 1 atom stereocenters. The van der Waals surface area contributed by atoms with Crippen LogP contribution in [0.25, 0.3) is 0 Å². The van der Waals surface area contributed by atoms with Gasteiger partial charge in [-0.3, -0.25) is 18.6 Å². The van der Waals surface area contributed by atoms with Crippen molar-refractivity contribution in [1.82, 2.24) is 15.5 Å². The van der Waals surface area contributed by atoms with Gasteiger partial charge in [-0.05, 0) is 125 Å². The van der Waals surface area contributed by atoms with E-state index in [1.807, 2.05) is 62.3 Å². The molecule has 3 aromatic heterocycles. The summed E-state index contributed by atoms with van der Waals surface area (Å²) >= 11 is 3.91. The summed E-state index contributed by atoms with van der Waals surface area (Å²) < 4.78 is 147. The number of carbonyl (C=O) groups excluding carboxylic acids is 2. The molecule has 6 rings (SSSR count). The first-order valence-corrected chi connectivity index (χ1v) is 37.5. The normalized spacial score (nSPS) is 12.7. The van der Waals surface area contributed by atoms with E-state index in [1.165, 1.54) is 74.5 Å². The number of nitrogens with two attached hydrogens (primary N) is 1. The zero-order valence-corrected chi connectivity index (χ0v) is 63.3. The third-order valence-corrected chi connectivity index (χ3v) is 19.6. The fourth-order valence-electron chi connectivity index (χ4n) is 5.48. The third kappa shape index (κ3) is 28.6. The number of carboxylic acids is 1. The van der Waals surface area contributed by atoms with Gasteiger partial charge in [0.15, 0.2) is 56.8 Å². The van der Waals surface area contributed by atoms with Gasteiger partial charge in [0.1, 0.15) is 26.4 Å². The van der Waals surface area contributed by atoms with Crippen molar-refractivity contribution in [3.8, 4) is 0 Å². The number of nitrogens with one attached hydrogen (secondary N) is 2. The van der Waals surface area contributed by atoms with E-state index in [0.717, 1.165) is 42.4 Å². The van der Waals surface area contributed by atoms with Crippen LogP contribution < -0.4 is 45.9 Å². The Morgan fingerprint density at radius 1 is 0.517 bits per heavy atom. The van der Waals surface area contributed by atoms with Crippen molar-refractivity contribution >= 4 is 137 Å². The zero-order valence-electron chi connectivity index (χ0n) is 52.5. The van der Waals surface area contributed by atoms with Gasteiger partial charge < -0.3 is 39.6 Å². The second-order valence-corrected chi connectivity index (χ2v) is 39.6. The summed E-state index contributed by atoms with van der Waals surface area (Å²) in [4.78, 5) is 34.3.